The van der Waals surface area contributed by atoms with E-state index in [0.717, 1.165) is 70.4 Å². The molecule has 2 saturated heterocycles. The van der Waals surface area contributed by atoms with Gasteiger partial charge in [0.05, 0.1) is 5.00 Å². The molecule has 0 radical (unpaired) electrons. The molecule has 2 fully saturated rings. The largest absolute Gasteiger partial charge is 0.363 e. The highest BCUT2D eigenvalue weighted by molar-refractivity contribution is 14.0. The molecule has 2 N–H and O–H groups in total. The molecule has 0 unspecified atom stereocenters. The maximum atomic E-state index is 4.68. The van der Waals surface area contributed by atoms with Gasteiger partial charge in [-0.15, -0.1) is 35.3 Å². The third-order valence-corrected chi connectivity index (χ3v) is 6.90. The SMILES string of the molecule is CN=C(NCc1ccc(N2CCN(C)CC2)nc1)NC1CCN(c2cccs2)CC1.I. The minimum absolute atomic E-state index is 0. The molecule has 0 amide bonds. The highest BCUT2D eigenvalue weighted by atomic mass is 127. The van der Waals surface area contributed by atoms with Crippen LogP contribution in [0.4, 0.5) is 10.8 Å². The molecule has 170 valence electrons. The van der Waals surface area contributed by atoms with E-state index in [1.807, 2.05) is 24.6 Å². The lowest BCUT2D eigenvalue weighted by Crippen LogP contribution is -2.48. The Morgan fingerprint density at radius 1 is 1.10 bits per heavy atom. The smallest absolute Gasteiger partial charge is 0.191 e. The van der Waals surface area contributed by atoms with E-state index in [-0.39, 0.29) is 24.0 Å². The molecule has 2 aliphatic heterocycles. The number of nitrogens with zero attached hydrogens (tertiary/aromatic N) is 5. The summed E-state index contributed by atoms with van der Waals surface area (Å²) in [7, 11) is 4.01. The van der Waals surface area contributed by atoms with Gasteiger partial charge in [-0.25, -0.2) is 4.98 Å². The number of halogens is 1. The number of hydrogen-bond donors (Lipinski definition) is 2. The Morgan fingerprint density at radius 3 is 2.48 bits per heavy atom. The Hall–Kier alpha value is -1.59. The molecule has 2 aromatic rings. The molecule has 31 heavy (non-hydrogen) atoms. The van der Waals surface area contributed by atoms with Gasteiger partial charge < -0.3 is 25.3 Å². The van der Waals surface area contributed by atoms with Crippen molar-refractivity contribution in [2.75, 3.05) is 63.2 Å². The van der Waals surface area contributed by atoms with Crippen molar-refractivity contribution >= 4 is 52.1 Å². The maximum absolute atomic E-state index is 4.68. The van der Waals surface area contributed by atoms with Crippen molar-refractivity contribution in [1.29, 1.82) is 0 Å². The molecular weight excluding hydrogens is 521 g/mol. The molecule has 4 rings (SSSR count). The first kappa shape index (κ1) is 24.1. The summed E-state index contributed by atoms with van der Waals surface area (Å²) >= 11 is 1.82. The zero-order chi connectivity index (χ0) is 20.8. The molecule has 0 aromatic carbocycles. The van der Waals surface area contributed by atoms with Gasteiger partial charge in [-0.05, 0) is 49.0 Å². The van der Waals surface area contributed by atoms with Crippen LogP contribution >= 0.6 is 35.3 Å². The Morgan fingerprint density at radius 2 is 1.87 bits per heavy atom. The normalized spacial score (nSPS) is 18.6. The Kier molecular flexibility index (Phi) is 9.21. The minimum atomic E-state index is 0. The zero-order valence-electron chi connectivity index (χ0n) is 18.5. The molecule has 0 spiro atoms. The van der Waals surface area contributed by atoms with Crippen LogP contribution in [-0.4, -0.2) is 75.2 Å². The van der Waals surface area contributed by atoms with E-state index in [9.17, 15) is 0 Å². The number of pyridine rings is 1. The van der Waals surface area contributed by atoms with E-state index in [1.54, 1.807) is 0 Å². The molecule has 9 heteroatoms. The molecule has 0 aliphatic carbocycles. The lowest BCUT2D eigenvalue weighted by atomic mass is 10.1. The lowest BCUT2D eigenvalue weighted by molar-refractivity contribution is 0.312. The van der Waals surface area contributed by atoms with E-state index < -0.39 is 0 Å². The molecule has 0 saturated carbocycles. The molecule has 4 heterocycles. The van der Waals surface area contributed by atoms with E-state index in [2.05, 4.69) is 72.0 Å². The Balaban J connectivity index is 0.00000272. The summed E-state index contributed by atoms with van der Waals surface area (Å²) in [6.45, 7) is 7.19. The van der Waals surface area contributed by atoms with Crippen molar-refractivity contribution in [3.63, 3.8) is 0 Å². The first-order chi connectivity index (χ1) is 14.7. The van der Waals surface area contributed by atoms with Crippen LogP contribution in [0.1, 0.15) is 18.4 Å². The number of likely N-dealkylation sites (N-methyl/N-ethyl adjacent to an activating group) is 1. The minimum Gasteiger partial charge on any atom is -0.363 e. The van der Waals surface area contributed by atoms with Gasteiger partial charge in [0.1, 0.15) is 5.82 Å². The number of hydrogen-bond acceptors (Lipinski definition) is 6. The number of aromatic nitrogens is 1. The predicted molar refractivity (Wildman–Crippen MR) is 142 cm³/mol. The summed E-state index contributed by atoms with van der Waals surface area (Å²) in [5, 5.41) is 10.6. The van der Waals surface area contributed by atoms with Crippen LogP contribution in [-0.2, 0) is 6.54 Å². The molecule has 2 aliphatic rings. The molecule has 2 aromatic heterocycles. The van der Waals surface area contributed by atoms with Gasteiger partial charge in [0, 0.05) is 65.1 Å². The third kappa shape index (κ3) is 6.69. The van der Waals surface area contributed by atoms with Crippen LogP contribution < -0.4 is 20.4 Å². The highest BCUT2D eigenvalue weighted by Gasteiger charge is 2.20. The second kappa shape index (κ2) is 11.9. The van der Waals surface area contributed by atoms with E-state index in [4.69, 9.17) is 0 Å². The van der Waals surface area contributed by atoms with Gasteiger partial charge in [0.15, 0.2) is 5.96 Å². The molecular formula is C22H34IN7S. The van der Waals surface area contributed by atoms with Crippen LogP contribution in [0.5, 0.6) is 0 Å². The van der Waals surface area contributed by atoms with Gasteiger partial charge in [0.2, 0.25) is 0 Å². The monoisotopic (exact) mass is 555 g/mol. The first-order valence-electron chi connectivity index (χ1n) is 10.9. The number of nitrogens with one attached hydrogen (secondary N) is 2. The Bertz CT molecular complexity index is 796. The quantitative estimate of drug-likeness (QED) is 0.337. The van der Waals surface area contributed by atoms with Gasteiger partial charge in [0.25, 0.3) is 0 Å². The van der Waals surface area contributed by atoms with Crippen molar-refractivity contribution in [3.8, 4) is 0 Å². The predicted octanol–water partition coefficient (Wildman–Crippen LogP) is 2.85. The van der Waals surface area contributed by atoms with Crippen molar-refractivity contribution in [3.05, 3.63) is 41.4 Å². The van der Waals surface area contributed by atoms with Crippen molar-refractivity contribution in [1.82, 2.24) is 20.5 Å². The van der Waals surface area contributed by atoms with Crippen molar-refractivity contribution in [2.45, 2.75) is 25.4 Å². The number of aliphatic imine (C=N–C) groups is 1. The van der Waals surface area contributed by atoms with Gasteiger partial charge in [-0.2, -0.15) is 0 Å². The lowest BCUT2D eigenvalue weighted by Gasteiger charge is -2.33. The summed E-state index contributed by atoms with van der Waals surface area (Å²) in [5.74, 6) is 1.94. The first-order valence-corrected chi connectivity index (χ1v) is 11.7. The average molecular weight is 556 g/mol. The van der Waals surface area contributed by atoms with Gasteiger partial charge >= 0.3 is 0 Å². The van der Waals surface area contributed by atoms with Crippen LogP contribution in [0.2, 0.25) is 0 Å². The average Bonchev–Trinajstić information content (AvgIpc) is 3.33. The fourth-order valence-corrected chi connectivity index (χ4v) is 4.80. The van der Waals surface area contributed by atoms with Crippen LogP contribution in [0.15, 0.2) is 40.8 Å². The number of thiophene rings is 1. The number of rotatable bonds is 5. The van der Waals surface area contributed by atoms with Gasteiger partial charge in [-0.1, -0.05) is 6.07 Å². The van der Waals surface area contributed by atoms with Crippen LogP contribution in [0.25, 0.3) is 0 Å². The topological polar surface area (TPSA) is 59.0 Å². The fraction of sp³-hybridized carbons (Fsp3) is 0.545. The number of anilines is 2. The van der Waals surface area contributed by atoms with Gasteiger partial charge in [-0.3, -0.25) is 4.99 Å². The molecule has 0 atom stereocenters. The fourth-order valence-electron chi connectivity index (χ4n) is 4.01. The molecule has 0 bridgehead atoms. The third-order valence-electron chi connectivity index (χ3n) is 5.97. The summed E-state index contributed by atoms with van der Waals surface area (Å²) in [5.41, 5.74) is 1.17. The summed E-state index contributed by atoms with van der Waals surface area (Å²) < 4.78 is 0. The van der Waals surface area contributed by atoms with Crippen molar-refractivity contribution in [2.24, 2.45) is 4.99 Å². The maximum Gasteiger partial charge on any atom is 0.191 e. The van der Waals surface area contributed by atoms with Crippen molar-refractivity contribution < 1.29 is 0 Å². The van der Waals surface area contributed by atoms with E-state index in [0.29, 0.717) is 6.04 Å². The van der Waals surface area contributed by atoms with Crippen LogP contribution in [0.3, 0.4) is 0 Å². The van der Waals surface area contributed by atoms with E-state index in [1.165, 1.54) is 10.6 Å². The summed E-state index contributed by atoms with van der Waals surface area (Å²) in [6.07, 6.45) is 4.23. The summed E-state index contributed by atoms with van der Waals surface area (Å²) in [4.78, 5) is 16.3. The number of piperidine rings is 1. The zero-order valence-corrected chi connectivity index (χ0v) is 21.6. The van der Waals surface area contributed by atoms with Crippen LogP contribution in [0, 0.1) is 0 Å². The van der Waals surface area contributed by atoms with E-state index >= 15 is 0 Å². The second-order valence-electron chi connectivity index (χ2n) is 8.10. The molecule has 7 nitrogen and oxygen atoms in total. The standard InChI is InChI=1S/C22H33N7S.HI/c1-23-22(26-19-7-9-29(10-8-19)21-4-3-15-30-21)25-17-18-5-6-20(24-16-18)28-13-11-27(2)12-14-28;/h3-6,15-16,19H,7-14,17H2,1-2H3,(H2,23,25,26);1H. The highest BCUT2D eigenvalue weighted by Crippen LogP contribution is 2.24. The second-order valence-corrected chi connectivity index (χ2v) is 9.02. The number of piperazine rings is 1. The summed E-state index contributed by atoms with van der Waals surface area (Å²) in [6, 6.07) is 9.11. The number of guanidine groups is 1. The Labute approximate surface area is 206 Å².